The van der Waals surface area contributed by atoms with E-state index in [2.05, 4.69) is 15.9 Å². The summed E-state index contributed by atoms with van der Waals surface area (Å²) < 4.78 is 11.9. The number of hydrogen-bond donors (Lipinski definition) is 2. The van der Waals surface area contributed by atoms with Gasteiger partial charge < -0.3 is 20.3 Å². The summed E-state index contributed by atoms with van der Waals surface area (Å²) in [7, 11) is 0. The van der Waals surface area contributed by atoms with Crippen LogP contribution in [-0.4, -0.2) is 24.3 Å². The van der Waals surface area contributed by atoms with Gasteiger partial charge in [0.05, 0.1) is 24.1 Å². The Morgan fingerprint density at radius 3 is 2.89 bits per heavy atom. The van der Waals surface area contributed by atoms with Crippen LogP contribution < -0.4 is 15.2 Å². The van der Waals surface area contributed by atoms with Gasteiger partial charge in [-0.3, -0.25) is 4.79 Å². The van der Waals surface area contributed by atoms with E-state index in [0.29, 0.717) is 30.3 Å². The van der Waals surface area contributed by atoms with E-state index >= 15 is 0 Å². The number of rotatable bonds is 3. The van der Waals surface area contributed by atoms with Crippen LogP contribution in [0.3, 0.4) is 0 Å². The van der Waals surface area contributed by atoms with Gasteiger partial charge in [-0.25, -0.2) is 0 Å². The van der Waals surface area contributed by atoms with Crippen molar-refractivity contribution in [1.82, 2.24) is 0 Å². The minimum absolute atomic E-state index is 0.119. The molecule has 0 saturated heterocycles. The first-order valence-electron chi connectivity index (χ1n) is 5.64. The standard InChI is InChI=1S/C12H14BrNO4/c13-8-4-7(9(14)6-11(15)16)5-10-12(8)18-3-1-2-17-10/h4-5,9H,1-3,6,14H2,(H,15,16)/t9-/m0/s1. The lowest BCUT2D eigenvalue weighted by Gasteiger charge is -2.15. The van der Waals surface area contributed by atoms with Crippen molar-refractivity contribution in [1.29, 1.82) is 0 Å². The quantitative estimate of drug-likeness (QED) is 0.892. The zero-order valence-corrected chi connectivity index (χ0v) is 11.3. The van der Waals surface area contributed by atoms with Crippen LogP contribution in [0.1, 0.15) is 24.4 Å². The molecule has 0 amide bonds. The number of carboxylic acids is 1. The van der Waals surface area contributed by atoms with Crippen LogP contribution in [0.15, 0.2) is 16.6 Å². The van der Waals surface area contributed by atoms with Crippen LogP contribution in [0.5, 0.6) is 11.5 Å². The predicted molar refractivity (Wildman–Crippen MR) is 68.9 cm³/mol. The molecule has 0 aromatic heterocycles. The Bertz CT molecular complexity index is 464. The summed E-state index contributed by atoms with van der Waals surface area (Å²) in [4.78, 5) is 10.7. The number of aliphatic carboxylic acids is 1. The van der Waals surface area contributed by atoms with Gasteiger partial charge in [-0.05, 0) is 33.6 Å². The van der Waals surface area contributed by atoms with E-state index in [1.807, 2.05) is 0 Å². The Morgan fingerprint density at radius 2 is 2.17 bits per heavy atom. The van der Waals surface area contributed by atoms with Crippen LogP contribution in [0.4, 0.5) is 0 Å². The smallest absolute Gasteiger partial charge is 0.305 e. The molecule has 5 nitrogen and oxygen atoms in total. The summed E-state index contributed by atoms with van der Waals surface area (Å²) in [6, 6.07) is 2.97. The minimum Gasteiger partial charge on any atom is -0.490 e. The van der Waals surface area contributed by atoms with E-state index < -0.39 is 12.0 Å². The molecule has 1 atom stereocenters. The fourth-order valence-corrected chi connectivity index (χ4v) is 2.34. The summed E-state index contributed by atoms with van der Waals surface area (Å²) in [6.45, 7) is 1.18. The molecule has 98 valence electrons. The first-order chi connectivity index (χ1) is 8.58. The van der Waals surface area contributed by atoms with Gasteiger partial charge in [-0.1, -0.05) is 0 Å². The van der Waals surface area contributed by atoms with Crippen molar-refractivity contribution in [3.05, 3.63) is 22.2 Å². The average Bonchev–Trinajstić information content (AvgIpc) is 2.53. The van der Waals surface area contributed by atoms with Crippen molar-refractivity contribution in [2.45, 2.75) is 18.9 Å². The van der Waals surface area contributed by atoms with Gasteiger partial charge in [-0.15, -0.1) is 0 Å². The second-order valence-electron chi connectivity index (χ2n) is 4.08. The van der Waals surface area contributed by atoms with E-state index in [9.17, 15) is 4.79 Å². The third kappa shape index (κ3) is 2.94. The average molecular weight is 316 g/mol. The first-order valence-corrected chi connectivity index (χ1v) is 6.43. The lowest BCUT2D eigenvalue weighted by Crippen LogP contribution is -2.15. The number of ether oxygens (including phenoxy) is 2. The van der Waals surface area contributed by atoms with E-state index in [0.717, 1.165) is 10.9 Å². The molecular weight excluding hydrogens is 302 g/mol. The van der Waals surface area contributed by atoms with Gasteiger partial charge in [0.2, 0.25) is 0 Å². The minimum atomic E-state index is -0.925. The number of carboxylic acid groups (broad SMARTS) is 1. The van der Waals surface area contributed by atoms with E-state index in [-0.39, 0.29) is 6.42 Å². The maximum absolute atomic E-state index is 10.7. The van der Waals surface area contributed by atoms with Crippen molar-refractivity contribution in [3.63, 3.8) is 0 Å². The molecule has 6 heteroatoms. The fourth-order valence-electron chi connectivity index (χ4n) is 1.77. The van der Waals surface area contributed by atoms with Gasteiger partial charge in [-0.2, -0.15) is 0 Å². The van der Waals surface area contributed by atoms with Crippen molar-refractivity contribution >= 4 is 21.9 Å². The fraction of sp³-hybridized carbons (Fsp3) is 0.417. The summed E-state index contributed by atoms with van der Waals surface area (Å²) in [5.41, 5.74) is 6.56. The number of carbonyl (C=O) groups is 1. The molecule has 1 aromatic rings. The van der Waals surface area contributed by atoms with Crippen LogP contribution in [0.25, 0.3) is 0 Å². The molecule has 0 fully saturated rings. The summed E-state index contributed by atoms with van der Waals surface area (Å²) in [6.07, 6.45) is 0.698. The Morgan fingerprint density at radius 1 is 1.44 bits per heavy atom. The molecule has 3 N–H and O–H groups in total. The van der Waals surface area contributed by atoms with Crippen LogP contribution in [0.2, 0.25) is 0 Å². The second-order valence-corrected chi connectivity index (χ2v) is 4.94. The summed E-state index contributed by atoms with van der Waals surface area (Å²) in [5, 5.41) is 8.75. The molecular formula is C12H14BrNO4. The third-order valence-electron chi connectivity index (χ3n) is 2.65. The summed E-state index contributed by atoms with van der Waals surface area (Å²) >= 11 is 3.39. The monoisotopic (exact) mass is 315 g/mol. The molecule has 0 radical (unpaired) electrons. The van der Waals surface area contributed by atoms with Gasteiger partial charge >= 0.3 is 5.97 Å². The molecule has 1 aromatic carbocycles. The highest BCUT2D eigenvalue weighted by Crippen LogP contribution is 2.39. The number of fused-ring (bicyclic) bond motifs is 1. The van der Waals surface area contributed by atoms with E-state index in [4.69, 9.17) is 20.3 Å². The third-order valence-corrected chi connectivity index (χ3v) is 3.24. The Hall–Kier alpha value is -1.27. The van der Waals surface area contributed by atoms with E-state index in [1.54, 1.807) is 12.1 Å². The Labute approximate surface area is 113 Å². The topological polar surface area (TPSA) is 81.8 Å². The number of benzene rings is 1. The zero-order valence-electron chi connectivity index (χ0n) is 9.69. The van der Waals surface area contributed by atoms with Crippen molar-refractivity contribution < 1.29 is 19.4 Å². The number of halogens is 1. The van der Waals surface area contributed by atoms with Gasteiger partial charge in [0.1, 0.15) is 0 Å². The van der Waals surface area contributed by atoms with Crippen molar-refractivity contribution in [2.75, 3.05) is 13.2 Å². The highest BCUT2D eigenvalue weighted by molar-refractivity contribution is 9.10. The molecule has 18 heavy (non-hydrogen) atoms. The van der Waals surface area contributed by atoms with Crippen molar-refractivity contribution in [3.8, 4) is 11.5 Å². The summed E-state index contributed by atoms with van der Waals surface area (Å²) in [5.74, 6) is 0.335. The maximum Gasteiger partial charge on any atom is 0.305 e. The Balaban J connectivity index is 2.31. The van der Waals surface area contributed by atoms with Gasteiger partial charge in [0.25, 0.3) is 0 Å². The molecule has 1 heterocycles. The van der Waals surface area contributed by atoms with E-state index in [1.165, 1.54) is 0 Å². The zero-order chi connectivity index (χ0) is 13.1. The molecule has 2 rings (SSSR count). The maximum atomic E-state index is 10.7. The molecule has 0 unspecified atom stereocenters. The van der Waals surface area contributed by atoms with Gasteiger partial charge in [0, 0.05) is 12.5 Å². The highest BCUT2D eigenvalue weighted by Gasteiger charge is 2.19. The first kappa shape index (κ1) is 13.2. The molecule has 1 aliphatic rings. The molecule has 0 aliphatic carbocycles. The SMILES string of the molecule is N[C@@H](CC(=O)O)c1cc(Br)c2c(c1)OCCCO2. The lowest BCUT2D eigenvalue weighted by molar-refractivity contribution is -0.137. The molecule has 0 saturated carbocycles. The highest BCUT2D eigenvalue weighted by atomic mass is 79.9. The predicted octanol–water partition coefficient (Wildman–Crippen LogP) is 2.08. The number of nitrogens with two attached hydrogens (primary N) is 1. The normalized spacial score (nSPS) is 15.9. The number of hydrogen-bond acceptors (Lipinski definition) is 4. The largest absolute Gasteiger partial charge is 0.490 e. The molecule has 0 bridgehead atoms. The van der Waals surface area contributed by atoms with Gasteiger partial charge in [0.15, 0.2) is 11.5 Å². The van der Waals surface area contributed by atoms with Crippen LogP contribution >= 0.6 is 15.9 Å². The van der Waals surface area contributed by atoms with Crippen LogP contribution in [0, 0.1) is 0 Å². The van der Waals surface area contributed by atoms with Crippen molar-refractivity contribution in [2.24, 2.45) is 5.73 Å². The second kappa shape index (κ2) is 5.58. The molecule has 1 aliphatic heterocycles. The Kier molecular flexibility index (Phi) is 4.08. The van der Waals surface area contributed by atoms with Crippen LogP contribution in [-0.2, 0) is 4.79 Å². The molecule has 0 spiro atoms. The lowest BCUT2D eigenvalue weighted by atomic mass is 10.0.